The molecule has 0 saturated carbocycles. The second kappa shape index (κ2) is 3.48. The molecule has 0 fully saturated rings. The van der Waals surface area contributed by atoms with Gasteiger partial charge in [-0.15, -0.1) is 0 Å². The molecule has 0 saturated heterocycles. The van der Waals surface area contributed by atoms with E-state index in [-0.39, 0.29) is 0 Å². The number of aryl methyl sites for hydroxylation is 3. The van der Waals surface area contributed by atoms with Crippen LogP contribution in [0.4, 0.5) is 0 Å². The molecule has 4 rings (SSSR count). The lowest BCUT2D eigenvalue weighted by molar-refractivity contribution is 1.39. The first-order valence-electron chi connectivity index (χ1n) is 6.80. The Bertz CT molecular complexity index is 910. The van der Waals surface area contributed by atoms with Crippen LogP contribution in [0, 0.1) is 20.8 Å². The molecular weight excluding hydrogens is 228 g/mol. The van der Waals surface area contributed by atoms with Crippen LogP contribution in [-0.4, -0.2) is 0 Å². The van der Waals surface area contributed by atoms with Crippen molar-refractivity contribution >= 4 is 32.3 Å². The van der Waals surface area contributed by atoms with Gasteiger partial charge in [-0.2, -0.15) is 0 Å². The Morgan fingerprint density at radius 1 is 0.632 bits per heavy atom. The van der Waals surface area contributed by atoms with Gasteiger partial charge in [0.25, 0.3) is 0 Å². The molecule has 0 aliphatic carbocycles. The summed E-state index contributed by atoms with van der Waals surface area (Å²) in [5, 5.41) is 8.33. The molecule has 0 N–H and O–H groups in total. The van der Waals surface area contributed by atoms with E-state index in [0.717, 1.165) is 0 Å². The van der Waals surface area contributed by atoms with Crippen molar-refractivity contribution in [1.29, 1.82) is 0 Å². The van der Waals surface area contributed by atoms with Gasteiger partial charge in [0.2, 0.25) is 0 Å². The summed E-state index contributed by atoms with van der Waals surface area (Å²) < 4.78 is 0. The van der Waals surface area contributed by atoms with E-state index >= 15 is 0 Å². The Labute approximate surface area is 113 Å². The summed E-state index contributed by atoms with van der Waals surface area (Å²) in [6.07, 6.45) is 0. The SMILES string of the molecule is Cc1cc2ccc3cc(C)c(C)c4ccc(c1)c2c34. The van der Waals surface area contributed by atoms with Crippen LogP contribution in [0.5, 0.6) is 0 Å². The molecule has 0 spiro atoms. The molecule has 19 heavy (non-hydrogen) atoms. The zero-order valence-electron chi connectivity index (χ0n) is 11.5. The van der Waals surface area contributed by atoms with Gasteiger partial charge < -0.3 is 0 Å². The molecule has 0 heteroatoms. The Kier molecular flexibility index (Phi) is 1.98. The average molecular weight is 244 g/mol. The Balaban J connectivity index is 2.41. The van der Waals surface area contributed by atoms with Gasteiger partial charge in [0, 0.05) is 0 Å². The lowest BCUT2D eigenvalue weighted by Gasteiger charge is -2.14. The minimum absolute atomic E-state index is 1.33. The van der Waals surface area contributed by atoms with Gasteiger partial charge in [-0.25, -0.2) is 0 Å². The van der Waals surface area contributed by atoms with Crippen LogP contribution in [0.15, 0.2) is 42.5 Å². The van der Waals surface area contributed by atoms with E-state index in [1.165, 1.54) is 49.0 Å². The highest BCUT2D eigenvalue weighted by Gasteiger charge is 2.11. The molecule has 4 aromatic rings. The third-order valence-corrected chi connectivity index (χ3v) is 4.39. The van der Waals surface area contributed by atoms with Gasteiger partial charge in [-0.1, -0.05) is 42.5 Å². The van der Waals surface area contributed by atoms with Crippen LogP contribution >= 0.6 is 0 Å². The highest BCUT2D eigenvalue weighted by Crippen LogP contribution is 2.37. The van der Waals surface area contributed by atoms with Crippen molar-refractivity contribution in [3.63, 3.8) is 0 Å². The summed E-state index contributed by atoms with van der Waals surface area (Å²) in [4.78, 5) is 0. The first kappa shape index (κ1) is 10.8. The van der Waals surface area contributed by atoms with Gasteiger partial charge in [0.15, 0.2) is 0 Å². The van der Waals surface area contributed by atoms with Crippen molar-refractivity contribution in [3.8, 4) is 0 Å². The third kappa shape index (κ3) is 1.34. The van der Waals surface area contributed by atoms with Gasteiger partial charge in [-0.3, -0.25) is 0 Å². The fourth-order valence-electron chi connectivity index (χ4n) is 3.34. The van der Waals surface area contributed by atoms with Gasteiger partial charge in [0.1, 0.15) is 0 Å². The van der Waals surface area contributed by atoms with Crippen LogP contribution in [-0.2, 0) is 0 Å². The molecular formula is C19H16. The Morgan fingerprint density at radius 2 is 1.21 bits per heavy atom. The number of benzene rings is 4. The Morgan fingerprint density at radius 3 is 1.89 bits per heavy atom. The fraction of sp³-hybridized carbons (Fsp3) is 0.158. The molecule has 0 aromatic heterocycles. The predicted molar refractivity (Wildman–Crippen MR) is 84.4 cm³/mol. The molecule has 0 aliphatic rings. The van der Waals surface area contributed by atoms with Gasteiger partial charge in [-0.05, 0) is 69.8 Å². The standard InChI is InChI=1S/C19H16/c1-11-8-14-4-5-16-10-12(2)13(3)17-7-6-15(9-11)18(14)19(16)17/h4-10H,1-3H3. The van der Waals surface area contributed by atoms with Crippen molar-refractivity contribution in [3.05, 3.63) is 59.2 Å². The van der Waals surface area contributed by atoms with E-state index in [1.54, 1.807) is 0 Å². The normalized spacial score (nSPS) is 11.9. The van der Waals surface area contributed by atoms with Gasteiger partial charge >= 0.3 is 0 Å². The first-order valence-corrected chi connectivity index (χ1v) is 6.80. The summed E-state index contributed by atoms with van der Waals surface area (Å²) in [6, 6.07) is 16.0. The zero-order valence-corrected chi connectivity index (χ0v) is 11.5. The average Bonchev–Trinajstić information content (AvgIpc) is 2.39. The maximum atomic E-state index is 2.32. The fourth-order valence-corrected chi connectivity index (χ4v) is 3.34. The molecule has 0 aliphatic heterocycles. The highest BCUT2D eigenvalue weighted by molar-refractivity contribution is 6.23. The minimum atomic E-state index is 1.33. The molecule has 0 radical (unpaired) electrons. The topological polar surface area (TPSA) is 0 Å². The van der Waals surface area contributed by atoms with Crippen molar-refractivity contribution in [2.45, 2.75) is 20.8 Å². The monoisotopic (exact) mass is 244 g/mol. The van der Waals surface area contributed by atoms with Crippen LogP contribution in [0.2, 0.25) is 0 Å². The van der Waals surface area contributed by atoms with Crippen LogP contribution in [0.1, 0.15) is 16.7 Å². The molecule has 0 heterocycles. The number of hydrogen-bond donors (Lipinski definition) is 0. The summed E-state index contributed by atoms with van der Waals surface area (Å²) in [5.74, 6) is 0. The first-order chi connectivity index (χ1) is 9.15. The molecule has 0 amide bonds. The third-order valence-electron chi connectivity index (χ3n) is 4.39. The van der Waals surface area contributed by atoms with Crippen molar-refractivity contribution in [2.75, 3.05) is 0 Å². The molecule has 4 aromatic carbocycles. The molecule has 92 valence electrons. The lowest BCUT2D eigenvalue weighted by atomic mass is 9.89. The van der Waals surface area contributed by atoms with E-state index in [1.807, 2.05) is 0 Å². The molecule has 0 nitrogen and oxygen atoms in total. The molecule has 0 unspecified atom stereocenters. The Hall–Kier alpha value is -2.08. The van der Waals surface area contributed by atoms with Crippen molar-refractivity contribution in [2.24, 2.45) is 0 Å². The predicted octanol–water partition coefficient (Wildman–Crippen LogP) is 5.51. The number of rotatable bonds is 0. The van der Waals surface area contributed by atoms with Crippen LogP contribution in [0.25, 0.3) is 32.3 Å². The lowest BCUT2D eigenvalue weighted by Crippen LogP contribution is -1.89. The minimum Gasteiger partial charge on any atom is -0.0537 e. The number of hydrogen-bond acceptors (Lipinski definition) is 0. The van der Waals surface area contributed by atoms with E-state index in [0.29, 0.717) is 0 Å². The maximum Gasteiger partial charge on any atom is -0.00239 e. The van der Waals surface area contributed by atoms with E-state index in [2.05, 4.69) is 63.2 Å². The van der Waals surface area contributed by atoms with Crippen LogP contribution < -0.4 is 0 Å². The van der Waals surface area contributed by atoms with E-state index in [9.17, 15) is 0 Å². The second-order valence-electron chi connectivity index (χ2n) is 5.68. The summed E-state index contributed by atoms with van der Waals surface area (Å²) in [7, 11) is 0. The molecule has 0 atom stereocenters. The van der Waals surface area contributed by atoms with E-state index in [4.69, 9.17) is 0 Å². The maximum absolute atomic E-state index is 2.32. The van der Waals surface area contributed by atoms with Crippen molar-refractivity contribution < 1.29 is 0 Å². The zero-order chi connectivity index (χ0) is 13.1. The van der Waals surface area contributed by atoms with Crippen molar-refractivity contribution in [1.82, 2.24) is 0 Å². The smallest absolute Gasteiger partial charge is 0.00239 e. The second-order valence-corrected chi connectivity index (χ2v) is 5.68. The quantitative estimate of drug-likeness (QED) is 0.358. The van der Waals surface area contributed by atoms with Crippen LogP contribution in [0.3, 0.4) is 0 Å². The summed E-state index contributed by atoms with van der Waals surface area (Å²) in [5.41, 5.74) is 4.11. The highest BCUT2D eigenvalue weighted by atomic mass is 14.1. The van der Waals surface area contributed by atoms with Gasteiger partial charge in [0.05, 0.1) is 0 Å². The largest absolute Gasteiger partial charge is 0.0537 e. The van der Waals surface area contributed by atoms with E-state index < -0.39 is 0 Å². The summed E-state index contributed by atoms with van der Waals surface area (Å²) >= 11 is 0. The molecule has 0 bridgehead atoms. The summed E-state index contributed by atoms with van der Waals surface area (Å²) in [6.45, 7) is 6.60.